The van der Waals surface area contributed by atoms with Crippen LogP contribution < -0.4 is 0 Å². The second-order valence-electron chi connectivity index (χ2n) is 5.79. The Bertz CT molecular complexity index is 433. The van der Waals surface area contributed by atoms with E-state index in [9.17, 15) is 5.11 Å². The molecule has 1 aromatic heterocycles. The minimum absolute atomic E-state index is 0.137. The van der Waals surface area contributed by atoms with Crippen molar-refractivity contribution in [3.05, 3.63) is 16.4 Å². The Kier molecular flexibility index (Phi) is 4.87. The summed E-state index contributed by atoms with van der Waals surface area (Å²) in [6, 6.07) is 0. The van der Waals surface area contributed by atoms with E-state index in [1.54, 1.807) is 4.68 Å². The zero-order chi connectivity index (χ0) is 14.0. The lowest BCUT2D eigenvalue weighted by Crippen LogP contribution is -2.34. The van der Waals surface area contributed by atoms with Crippen LogP contribution in [0.4, 0.5) is 0 Å². The van der Waals surface area contributed by atoms with E-state index in [0.717, 1.165) is 43.6 Å². The van der Waals surface area contributed by atoms with Gasteiger partial charge in [-0.05, 0) is 32.7 Å². The molecule has 0 radical (unpaired) electrons. The summed E-state index contributed by atoms with van der Waals surface area (Å²) in [6.45, 7) is 3.71. The van der Waals surface area contributed by atoms with Crippen LogP contribution in [0, 0.1) is 12.8 Å². The van der Waals surface area contributed by atoms with E-state index >= 15 is 0 Å². The summed E-state index contributed by atoms with van der Waals surface area (Å²) in [7, 11) is 3.95. The molecule has 1 aliphatic rings. The molecule has 0 bridgehead atoms. The molecule has 1 saturated carbocycles. The number of hydrogen-bond acceptors (Lipinski definition) is 3. The molecule has 4 nitrogen and oxygen atoms in total. The third-order valence-corrected chi connectivity index (χ3v) is 4.59. The van der Waals surface area contributed by atoms with Gasteiger partial charge in [0.15, 0.2) is 0 Å². The van der Waals surface area contributed by atoms with Gasteiger partial charge in [0.1, 0.15) is 5.15 Å². The van der Waals surface area contributed by atoms with Crippen LogP contribution in [0.25, 0.3) is 0 Å². The third kappa shape index (κ3) is 3.50. The summed E-state index contributed by atoms with van der Waals surface area (Å²) in [5, 5.41) is 15.1. The van der Waals surface area contributed by atoms with E-state index in [4.69, 9.17) is 11.6 Å². The monoisotopic (exact) mass is 285 g/mol. The number of halogens is 1. The Morgan fingerprint density at radius 1 is 1.42 bits per heavy atom. The van der Waals surface area contributed by atoms with Crippen molar-refractivity contribution in [2.75, 3.05) is 13.6 Å². The second-order valence-corrected chi connectivity index (χ2v) is 6.15. The van der Waals surface area contributed by atoms with Gasteiger partial charge in [-0.15, -0.1) is 0 Å². The smallest absolute Gasteiger partial charge is 0.131 e. The maximum atomic E-state index is 10.0. The Morgan fingerprint density at radius 3 is 2.68 bits per heavy atom. The number of aromatic nitrogens is 2. The number of aliphatic hydroxyl groups is 1. The first-order chi connectivity index (χ1) is 8.99. The predicted molar refractivity (Wildman–Crippen MR) is 77.3 cm³/mol. The summed E-state index contributed by atoms with van der Waals surface area (Å²) in [5.41, 5.74) is 2.08. The fourth-order valence-electron chi connectivity index (χ4n) is 2.99. The van der Waals surface area contributed by atoms with Crippen molar-refractivity contribution >= 4 is 11.6 Å². The summed E-state index contributed by atoms with van der Waals surface area (Å²) >= 11 is 6.25. The highest BCUT2D eigenvalue weighted by atomic mass is 35.5. The topological polar surface area (TPSA) is 41.3 Å². The van der Waals surface area contributed by atoms with Crippen molar-refractivity contribution in [2.45, 2.75) is 45.3 Å². The van der Waals surface area contributed by atoms with Gasteiger partial charge in [0.25, 0.3) is 0 Å². The molecule has 2 rings (SSSR count). The maximum absolute atomic E-state index is 10.0. The highest BCUT2D eigenvalue weighted by Crippen LogP contribution is 2.26. The van der Waals surface area contributed by atoms with Gasteiger partial charge < -0.3 is 10.0 Å². The molecule has 108 valence electrons. The molecular weight excluding hydrogens is 262 g/mol. The molecule has 2 atom stereocenters. The highest BCUT2D eigenvalue weighted by molar-refractivity contribution is 6.30. The highest BCUT2D eigenvalue weighted by Gasteiger charge is 2.24. The fraction of sp³-hybridized carbons (Fsp3) is 0.786. The molecule has 0 spiro atoms. The van der Waals surface area contributed by atoms with E-state index in [0.29, 0.717) is 11.1 Å². The minimum Gasteiger partial charge on any atom is -0.393 e. The Morgan fingerprint density at radius 2 is 2.11 bits per heavy atom. The lowest BCUT2D eigenvalue weighted by molar-refractivity contribution is 0.0501. The zero-order valence-electron chi connectivity index (χ0n) is 12.1. The van der Waals surface area contributed by atoms with E-state index in [1.165, 1.54) is 6.42 Å². The average molecular weight is 286 g/mol. The molecule has 19 heavy (non-hydrogen) atoms. The van der Waals surface area contributed by atoms with Crippen LogP contribution in [0.15, 0.2) is 0 Å². The molecule has 1 aromatic rings. The lowest BCUT2D eigenvalue weighted by atomic mass is 9.86. The molecule has 1 fully saturated rings. The lowest BCUT2D eigenvalue weighted by Gasteiger charge is -2.31. The molecule has 1 heterocycles. The van der Waals surface area contributed by atoms with Crippen LogP contribution in [0.3, 0.4) is 0 Å². The first-order valence-electron chi connectivity index (χ1n) is 7.03. The quantitative estimate of drug-likeness (QED) is 0.923. The summed E-state index contributed by atoms with van der Waals surface area (Å²) in [4.78, 5) is 2.25. The fourth-order valence-corrected chi connectivity index (χ4v) is 3.22. The average Bonchev–Trinajstić information content (AvgIpc) is 2.59. The SMILES string of the molecule is Cc1nn(C)c(Cl)c1CN(C)CC1CCCCC1O. The van der Waals surface area contributed by atoms with Crippen LogP contribution in [0.5, 0.6) is 0 Å². The summed E-state index contributed by atoms with van der Waals surface area (Å²) in [5.74, 6) is 0.398. The van der Waals surface area contributed by atoms with Gasteiger partial charge in [0.05, 0.1) is 11.8 Å². The molecule has 0 saturated heterocycles. The van der Waals surface area contributed by atoms with Crippen LogP contribution in [0.2, 0.25) is 5.15 Å². The summed E-state index contributed by atoms with van der Waals surface area (Å²) < 4.78 is 1.72. The van der Waals surface area contributed by atoms with Gasteiger partial charge >= 0.3 is 0 Å². The molecule has 1 aliphatic carbocycles. The third-order valence-electron chi connectivity index (χ3n) is 4.11. The van der Waals surface area contributed by atoms with Crippen molar-refractivity contribution in [3.8, 4) is 0 Å². The molecule has 1 N–H and O–H groups in total. The second kappa shape index (κ2) is 6.25. The Balaban J connectivity index is 1.95. The minimum atomic E-state index is -0.137. The van der Waals surface area contributed by atoms with E-state index in [-0.39, 0.29) is 6.10 Å². The summed E-state index contributed by atoms with van der Waals surface area (Å²) in [6.07, 6.45) is 4.34. The largest absolute Gasteiger partial charge is 0.393 e. The van der Waals surface area contributed by atoms with Crippen molar-refractivity contribution in [1.29, 1.82) is 0 Å². The van der Waals surface area contributed by atoms with Gasteiger partial charge in [-0.2, -0.15) is 5.10 Å². The number of rotatable bonds is 4. The number of hydrogen-bond donors (Lipinski definition) is 1. The molecular formula is C14H24ClN3O. The number of aryl methyl sites for hydroxylation is 2. The predicted octanol–water partition coefficient (Wildman–Crippen LogP) is 2.36. The van der Waals surface area contributed by atoms with Crippen LogP contribution in [-0.2, 0) is 13.6 Å². The van der Waals surface area contributed by atoms with Gasteiger partial charge in [-0.3, -0.25) is 4.68 Å². The molecule has 2 unspecified atom stereocenters. The van der Waals surface area contributed by atoms with E-state index in [1.807, 2.05) is 14.0 Å². The molecule has 0 aromatic carbocycles. The standard InChI is InChI=1S/C14H24ClN3O/c1-10-12(14(15)18(3)16-10)9-17(2)8-11-6-4-5-7-13(11)19/h11,13,19H,4-9H2,1-3H3. The van der Waals surface area contributed by atoms with E-state index < -0.39 is 0 Å². The first-order valence-corrected chi connectivity index (χ1v) is 7.41. The van der Waals surface area contributed by atoms with Crippen LogP contribution >= 0.6 is 11.6 Å². The van der Waals surface area contributed by atoms with Crippen molar-refractivity contribution in [3.63, 3.8) is 0 Å². The first kappa shape index (κ1) is 14.8. The normalized spacial score (nSPS) is 24.1. The van der Waals surface area contributed by atoms with Gasteiger partial charge in [0.2, 0.25) is 0 Å². The Hall–Kier alpha value is -0.580. The van der Waals surface area contributed by atoms with Gasteiger partial charge in [-0.1, -0.05) is 24.4 Å². The van der Waals surface area contributed by atoms with Crippen molar-refractivity contribution in [2.24, 2.45) is 13.0 Å². The van der Waals surface area contributed by atoms with Gasteiger partial charge in [0, 0.05) is 25.7 Å². The van der Waals surface area contributed by atoms with Gasteiger partial charge in [-0.25, -0.2) is 0 Å². The van der Waals surface area contributed by atoms with Crippen molar-refractivity contribution in [1.82, 2.24) is 14.7 Å². The molecule has 0 amide bonds. The molecule has 5 heteroatoms. The van der Waals surface area contributed by atoms with Crippen LogP contribution in [0.1, 0.15) is 36.9 Å². The van der Waals surface area contributed by atoms with Crippen molar-refractivity contribution < 1.29 is 5.11 Å². The number of aliphatic hydroxyl groups excluding tert-OH is 1. The maximum Gasteiger partial charge on any atom is 0.131 e. The van der Waals surface area contributed by atoms with Crippen LogP contribution in [-0.4, -0.2) is 39.5 Å². The number of nitrogens with zero attached hydrogens (tertiary/aromatic N) is 3. The van der Waals surface area contributed by atoms with E-state index in [2.05, 4.69) is 17.0 Å². The zero-order valence-corrected chi connectivity index (χ0v) is 12.8. The Labute approximate surface area is 120 Å². The molecule has 0 aliphatic heterocycles.